The van der Waals surface area contributed by atoms with Crippen molar-refractivity contribution in [3.63, 3.8) is 0 Å². The lowest BCUT2D eigenvalue weighted by Gasteiger charge is -2.36. The van der Waals surface area contributed by atoms with E-state index in [4.69, 9.17) is 4.74 Å². The highest BCUT2D eigenvalue weighted by atomic mass is 127. The third-order valence-electron chi connectivity index (χ3n) is 3.42. The second-order valence-corrected chi connectivity index (χ2v) is 8.57. The van der Waals surface area contributed by atoms with Gasteiger partial charge in [-0.25, -0.2) is 9.59 Å². The van der Waals surface area contributed by atoms with Crippen LogP contribution in [0.25, 0.3) is 0 Å². The van der Waals surface area contributed by atoms with E-state index in [2.05, 4.69) is 0 Å². The monoisotopic (exact) mass is 545 g/mol. The number of hydrogen-bond donors (Lipinski definition) is 2. The van der Waals surface area contributed by atoms with Crippen LogP contribution in [0.1, 0.15) is 31.9 Å². The van der Waals surface area contributed by atoms with E-state index in [1.54, 1.807) is 26.8 Å². The molecule has 1 aromatic carbocycles. The average Bonchev–Trinajstić information content (AvgIpc) is 2.41. The molecule has 1 atom stereocenters. The Labute approximate surface area is 161 Å². The number of halogens is 2. The van der Waals surface area contributed by atoms with Gasteiger partial charge in [-0.3, -0.25) is 4.90 Å². The molecule has 6 nitrogen and oxygen atoms in total. The largest absolute Gasteiger partial charge is 0.506 e. The van der Waals surface area contributed by atoms with E-state index in [1.807, 2.05) is 45.2 Å². The van der Waals surface area contributed by atoms with Crippen LogP contribution >= 0.6 is 45.2 Å². The van der Waals surface area contributed by atoms with Gasteiger partial charge in [0.25, 0.3) is 0 Å². The molecule has 0 fully saturated rings. The van der Waals surface area contributed by atoms with E-state index < -0.39 is 23.7 Å². The number of fused-ring (bicyclic) bond motifs is 1. The number of carboxylic acid groups (broad SMARTS) is 1. The molecule has 1 aliphatic rings. The highest BCUT2D eigenvalue weighted by molar-refractivity contribution is 14.1. The molecule has 0 unspecified atom stereocenters. The van der Waals surface area contributed by atoms with Gasteiger partial charge in [0, 0.05) is 6.42 Å². The predicted octanol–water partition coefficient (Wildman–Crippen LogP) is 3.35. The van der Waals surface area contributed by atoms with Crippen LogP contribution in [0.15, 0.2) is 6.07 Å². The van der Waals surface area contributed by atoms with Crippen LogP contribution in [0.4, 0.5) is 4.79 Å². The van der Waals surface area contributed by atoms with E-state index in [1.165, 1.54) is 4.90 Å². The standard InChI is InChI=1S/C15H17I2NO5/c1-15(2,3)23-14(22)18-6-8-7(5-10(18)13(20)21)4-9(16)12(19)11(8)17/h4,10,19H,5-6H2,1-3H3,(H,20,21)/t10-/m0/s1. The fraction of sp³-hybridized carbons (Fsp3) is 0.467. The van der Waals surface area contributed by atoms with Gasteiger partial charge in [0.15, 0.2) is 0 Å². The van der Waals surface area contributed by atoms with Crippen LogP contribution in [0.5, 0.6) is 5.75 Å². The molecule has 1 aromatic rings. The zero-order valence-corrected chi connectivity index (χ0v) is 17.2. The Balaban J connectivity index is 2.43. The first-order valence-corrected chi connectivity index (χ1v) is 9.08. The minimum atomic E-state index is -1.07. The number of phenols is 1. The second kappa shape index (κ2) is 6.61. The summed E-state index contributed by atoms with van der Waals surface area (Å²) in [6, 6.07) is 0.795. The molecule has 0 saturated carbocycles. The summed E-state index contributed by atoms with van der Waals surface area (Å²) < 4.78 is 6.63. The third-order valence-corrected chi connectivity index (χ3v) is 5.40. The second-order valence-electron chi connectivity index (χ2n) is 6.33. The molecule has 0 bridgehead atoms. The molecular weight excluding hydrogens is 528 g/mol. The van der Waals surface area contributed by atoms with Gasteiger partial charge in [0.2, 0.25) is 0 Å². The number of amides is 1. The van der Waals surface area contributed by atoms with E-state index in [9.17, 15) is 19.8 Å². The van der Waals surface area contributed by atoms with Gasteiger partial charge < -0.3 is 14.9 Å². The first-order chi connectivity index (χ1) is 10.5. The molecule has 0 spiro atoms. The summed E-state index contributed by atoms with van der Waals surface area (Å²) in [5, 5.41) is 19.6. The van der Waals surface area contributed by atoms with E-state index in [0.29, 0.717) is 7.14 Å². The SMILES string of the molecule is CC(C)(C)OC(=O)N1Cc2c(cc(I)c(O)c2I)C[C@H]1C(=O)O. The molecule has 2 rings (SSSR count). The van der Waals surface area contributed by atoms with Crippen molar-refractivity contribution in [1.82, 2.24) is 4.90 Å². The number of rotatable bonds is 1. The lowest BCUT2D eigenvalue weighted by molar-refractivity contribution is -0.143. The fourth-order valence-electron chi connectivity index (χ4n) is 2.38. The third kappa shape index (κ3) is 4.01. The lowest BCUT2D eigenvalue weighted by Crippen LogP contribution is -2.50. The number of benzene rings is 1. The summed E-state index contributed by atoms with van der Waals surface area (Å²) >= 11 is 4.03. The van der Waals surface area contributed by atoms with Crippen molar-refractivity contribution in [2.24, 2.45) is 0 Å². The van der Waals surface area contributed by atoms with Crippen molar-refractivity contribution in [2.75, 3.05) is 0 Å². The summed E-state index contributed by atoms with van der Waals surface area (Å²) in [5.74, 6) is -0.914. The average molecular weight is 545 g/mol. The van der Waals surface area contributed by atoms with Crippen LogP contribution in [-0.2, 0) is 22.5 Å². The molecule has 1 amide bonds. The number of phenolic OH excluding ortho intramolecular Hbond substituents is 1. The summed E-state index contributed by atoms with van der Waals surface area (Å²) in [7, 11) is 0. The molecule has 1 aliphatic heterocycles. The fourth-order valence-corrected chi connectivity index (χ4v) is 4.35. The quantitative estimate of drug-likeness (QED) is 0.530. The Kier molecular flexibility index (Phi) is 5.34. The zero-order chi connectivity index (χ0) is 17.5. The van der Waals surface area contributed by atoms with Gasteiger partial charge in [-0.05, 0) is 83.1 Å². The van der Waals surface area contributed by atoms with Crippen molar-refractivity contribution in [2.45, 2.75) is 45.4 Å². The Morgan fingerprint density at radius 3 is 2.48 bits per heavy atom. The maximum Gasteiger partial charge on any atom is 0.411 e. The number of carbonyl (C=O) groups is 2. The molecule has 126 valence electrons. The van der Waals surface area contributed by atoms with Gasteiger partial charge in [0.1, 0.15) is 17.4 Å². The first-order valence-electron chi connectivity index (χ1n) is 6.92. The molecule has 0 aromatic heterocycles. The summed E-state index contributed by atoms with van der Waals surface area (Å²) in [6.45, 7) is 5.30. The van der Waals surface area contributed by atoms with Crippen molar-refractivity contribution in [3.8, 4) is 5.75 Å². The normalized spacial score (nSPS) is 17.6. The van der Waals surface area contributed by atoms with Gasteiger partial charge in [-0.15, -0.1) is 0 Å². The topological polar surface area (TPSA) is 87.1 Å². The molecule has 1 heterocycles. The van der Waals surface area contributed by atoms with Crippen LogP contribution in [0, 0.1) is 7.14 Å². The molecule has 2 N–H and O–H groups in total. The molecule has 23 heavy (non-hydrogen) atoms. The van der Waals surface area contributed by atoms with Crippen LogP contribution < -0.4 is 0 Å². The van der Waals surface area contributed by atoms with E-state index in [-0.39, 0.29) is 18.7 Å². The highest BCUT2D eigenvalue weighted by Crippen LogP contribution is 2.36. The van der Waals surface area contributed by atoms with Crippen molar-refractivity contribution >= 4 is 57.2 Å². The van der Waals surface area contributed by atoms with Crippen LogP contribution in [-0.4, -0.2) is 38.8 Å². The molecule has 0 saturated heterocycles. The molecule has 0 aliphatic carbocycles. The van der Waals surface area contributed by atoms with Gasteiger partial charge in [-0.2, -0.15) is 0 Å². The van der Waals surface area contributed by atoms with Gasteiger partial charge in [0.05, 0.1) is 13.7 Å². The maximum absolute atomic E-state index is 12.4. The predicted molar refractivity (Wildman–Crippen MR) is 100 cm³/mol. The Morgan fingerprint density at radius 2 is 1.96 bits per heavy atom. The molecule has 0 radical (unpaired) electrons. The van der Waals surface area contributed by atoms with Crippen LogP contribution in [0.3, 0.4) is 0 Å². The first kappa shape index (κ1) is 18.6. The molecule has 8 heteroatoms. The summed E-state index contributed by atoms with van der Waals surface area (Å²) in [4.78, 5) is 25.2. The number of aromatic hydroxyl groups is 1. The zero-order valence-electron chi connectivity index (χ0n) is 12.9. The van der Waals surface area contributed by atoms with Crippen LogP contribution in [0.2, 0.25) is 0 Å². The number of carboxylic acids is 1. The number of hydrogen-bond acceptors (Lipinski definition) is 4. The number of ether oxygens (including phenoxy) is 1. The highest BCUT2D eigenvalue weighted by Gasteiger charge is 2.38. The van der Waals surface area contributed by atoms with E-state index in [0.717, 1.165) is 11.1 Å². The van der Waals surface area contributed by atoms with E-state index >= 15 is 0 Å². The maximum atomic E-state index is 12.4. The Hall–Kier alpha value is -0.780. The Bertz CT molecular complexity index is 669. The minimum Gasteiger partial charge on any atom is -0.506 e. The summed E-state index contributed by atoms with van der Waals surface area (Å²) in [6.07, 6.45) is -0.472. The van der Waals surface area contributed by atoms with Crippen molar-refractivity contribution < 1.29 is 24.5 Å². The van der Waals surface area contributed by atoms with Crippen molar-refractivity contribution in [1.29, 1.82) is 0 Å². The number of aliphatic carboxylic acids is 1. The number of carbonyl (C=O) groups excluding carboxylic acids is 1. The smallest absolute Gasteiger partial charge is 0.411 e. The van der Waals surface area contributed by atoms with Crippen molar-refractivity contribution in [3.05, 3.63) is 24.3 Å². The Morgan fingerprint density at radius 1 is 1.35 bits per heavy atom. The summed E-state index contributed by atoms with van der Waals surface area (Å²) in [5.41, 5.74) is 0.901. The minimum absolute atomic E-state index is 0.101. The number of nitrogens with zero attached hydrogens (tertiary/aromatic N) is 1. The molecular formula is C15H17I2NO5. The van der Waals surface area contributed by atoms with Gasteiger partial charge in [-0.1, -0.05) is 0 Å². The van der Waals surface area contributed by atoms with Gasteiger partial charge >= 0.3 is 12.1 Å². The lowest BCUT2D eigenvalue weighted by atomic mass is 9.94.